The molecule has 0 saturated carbocycles. The summed E-state index contributed by atoms with van der Waals surface area (Å²) in [5.74, 6) is 1.24. The highest BCUT2D eigenvalue weighted by atomic mass is 32.1. The van der Waals surface area contributed by atoms with Crippen LogP contribution in [0.2, 0.25) is 0 Å². The van der Waals surface area contributed by atoms with E-state index in [1.54, 1.807) is 24.3 Å². The number of hydrogen-bond acceptors (Lipinski definition) is 4. The summed E-state index contributed by atoms with van der Waals surface area (Å²) < 4.78 is 5.74. The lowest BCUT2D eigenvalue weighted by Gasteiger charge is -2.06. The molecule has 0 atom stereocenters. The van der Waals surface area contributed by atoms with Crippen molar-refractivity contribution in [1.82, 2.24) is 4.98 Å². The monoisotopic (exact) mass is 372 g/mol. The molecule has 27 heavy (non-hydrogen) atoms. The lowest BCUT2D eigenvalue weighted by atomic mass is 10.2. The van der Waals surface area contributed by atoms with Crippen LogP contribution < -0.4 is 10.1 Å². The molecule has 1 heterocycles. The molecule has 0 fully saturated rings. The van der Waals surface area contributed by atoms with Gasteiger partial charge in [0.15, 0.2) is 5.13 Å². The number of carbonyl (C=O) groups excluding carboxylic acids is 1. The first-order chi connectivity index (χ1) is 13.3. The number of amides is 1. The maximum atomic E-state index is 12.4. The van der Waals surface area contributed by atoms with E-state index >= 15 is 0 Å². The molecule has 0 bridgehead atoms. The molecular formula is C22H16N2O2S. The van der Waals surface area contributed by atoms with Crippen LogP contribution in [0, 0.1) is 0 Å². The number of ether oxygens (including phenoxy) is 1. The van der Waals surface area contributed by atoms with E-state index in [1.165, 1.54) is 11.3 Å². The second kappa shape index (κ2) is 7.85. The molecule has 0 aliphatic carbocycles. The SMILES string of the molecule is O=C(Nc1nc(-c2ccccc2)cs1)c1ccc(Oc2ccccc2)cc1. The number of nitrogens with one attached hydrogen (secondary N) is 1. The van der Waals surface area contributed by atoms with Crippen molar-refractivity contribution in [2.45, 2.75) is 0 Å². The molecule has 1 aromatic heterocycles. The molecule has 1 N–H and O–H groups in total. The van der Waals surface area contributed by atoms with Crippen molar-refractivity contribution >= 4 is 22.4 Å². The third-order valence-corrected chi connectivity index (χ3v) is 4.65. The summed E-state index contributed by atoms with van der Waals surface area (Å²) in [7, 11) is 0. The molecule has 5 heteroatoms. The van der Waals surface area contributed by atoms with E-state index in [4.69, 9.17) is 4.74 Å². The average molecular weight is 372 g/mol. The molecule has 132 valence electrons. The molecule has 0 aliphatic rings. The fraction of sp³-hybridized carbons (Fsp3) is 0. The molecule has 0 unspecified atom stereocenters. The number of hydrogen-bond donors (Lipinski definition) is 1. The summed E-state index contributed by atoms with van der Waals surface area (Å²) in [6.07, 6.45) is 0. The predicted molar refractivity (Wildman–Crippen MR) is 108 cm³/mol. The number of para-hydroxylation sites is 1. The standard InChI is InChI=1S/C22H16N2O2S/c25-21(24-22-23-20(15-27-22)16-7-3-1-4-8-16)17-11-13-19(14-12-17)26-18-9-5-2-6-10-18/h1-15H,(H,23,24,25). The molecule has 0 spiro atoms. The molecule has 4 rings (SSSR count). The van der Waals surface area contributed by atoms with Crippen LogP contribution in [0.1, 0.15) is 10.4 Å². The van der Waals surface area contributed by atoms with E-state index in [-0.39, 0.29) is 5.91 Å². The van der Waals surface area contributed by atoms with Gasteiger partial charge in [-0.2, -0.15) is 0 Å². The highest BCUT2D eigenvalue weighted by Gasteiger charge is 2.10. The maximum absolute atomic E-state index is 12.4. The van der Waals surface area contributed by atoms with Crippen LogP contribution in [0.3, 0.4) is 0 Å². The minimum Gasteiger partial charge on any atom is -0.457 e. The van der Waals surface area contributed by atoms with E-state index in [0.717, 1.165) is 17.0 Å². The Labute approximate surface area is 161 Å². The van der Waals surface area contributed by atoms with Gasteiger partial charge in [0, 0.05) is 16.5 Å². The van der Waals surface area contributed by atoms with E-state index in [1.807, 2.05) is 66.0 Å². The van der Waals surface area contributed by atoms with Crippen LogP contribution in [0.15, 0.2) is 90.3 Å². The van der Waals surface area contributed by atoms with Gasteiger partial charge in [-0.25, -0.2) is 4.98 Å². The number of carbonyl (C=O) groups is 1. The van der Waals surface area contributed by atoms with E-state index in [0.29, 0.717) is 16.4 Å². The third kappa shape index (κ3) is 4.22. The largest absolute Gasteiger partial charge is 0.457 e. The Bertz CT molecular complexity index is 1030. The van der Waals surface area contributed by atoms with Crippen LogP contribution in [-0.4, -0.2) is 10.9 Å². The summed E-state index contributed by atoms with van der Waals surface area (Å²) in [5.41, 5.74) is 2.42. The first-order valence-electron chi connectivity index (χ1n) is 8.43. The number of aromatic nitrogens is 1. The van der Waals surface area contributed by atoms with Crippen LogP contribution in [0.5, 0.6) is 11.5 Å². The lowest BCUT2D eigenvalue weighted by molar-refractivity contribution is 0.102. The second-order valence-corrected chi connectivity index (χ2v) is 6.66. The Morgan fingerprint density at radius 1 is 0.815 bits per heavy atom. The fourth-order valence-electron chi connectivity index (χ4n) is 2.54. The number of benzene rings is 3. The third-order valence-electron chi connectivity index (χ3n) is 3.89. The van der Waals surface area contributed by atoms with Crippen LogP contribution >= 0.6 is 11.3 Å². The van der Waals surface area contributed by atoms with Crippen molar-refractivity contribution < 1.29 is 9.53 Å². The summed E-state index contributed by atoms with van der Waals surface area (Å²) in [6.45, 7) is 0. The first kappa shape index (κ1) is 17.0. The summed E-state index contributed by atoms with van der Waals surface area (Å²) in [5, 5.41) is 5.35. The predicted octanol–water partition coefficient (Wildman–Crippen LogP) is 5.85. The number of nitrogens with zero attached hydrogens (tertiary/aromatic N) is 1. The highest BCUT2D eigenvalue weighted by Crippen LogP contribution is 2.25. The minimum atomic E-state index is -0.199. The van der Waals surface area contributed by atoms with Gasteiger partial charge in [0.05, 0.1) is 5.69 Å². The smallest absolute Gasteiger partial charge is 0.257 e. The van der Waals surface area contributed by atoms with E-state index < -0.39 is 0 Å². The fourth-order valence-corrected chi connectivity index (χ4v) is 3.26. The summed E-state index contributed by atoms with van der Waals surface area (Å²) in [4.78, 5) is 16.9. The van der Waals surface area contributed by atoms with Gasteiger partial charge in [-0.05, 0) is 36.4 Å². The zero-order valence-electron chi connectivity index (χ0n) is 14.3. The molecule has 0 saturated heterocycles. The topological polar surface area (TPSA) is 51.2 Å². The van der Waals surface area contributed by atoms with Gasteiger partial charge in [0.1, 0.15) is 11.5 Å². The van der Waals surface area contributed by atoms with E-state index in [9.17, 15) is 4.79 Å². The van der Waals surface area contributed by atoms with Gasteiger partial charge in [-0.15, -0.1) is 11.3 Å². The Morgan fingerprint density at radius 3 is 2.15 bits per heavy atom. The van der Waals surface area contributed by atoms with Gasteiger partial charge < -0.3 is 4.74 Å². The quantitative estimate of drug-likeness (QED) is 0.478. The van der Waals surface area contributed by atoms with Crippen molar-refractivity contribution in [3.8, 4) is 22.8 Å². The Morgan fingerprint density at radius 2 is 1.44 bits per heavy atom. The summed E-state index contributed by atoms with van der Waals surface area (Å²) in [6, 6.07) is 26.4. The number of thiazole rings is 1. The van der Waals surface area contributed by atoms with E-state index in [2.05, 4.69) is 10.3 Å². The van der Waals surface area contributed by atoms with Crippen molar-refractivity contribution in [3.05, 3.63) is 95.9 Å². The average Bonchev–Trinajstić information content (AvgIpc) is 3.18. The molecule has 0 radical (unpaired) electrons. The molecule has 4 nitrogen and oxygen atoms in total. The van der Waals surface area contributed by atoms with Gasteiger partial charge >= 0.3 is 0 Å². The number of rotatable bonds is 5. The van der Waals surface area contributed by atoms with Gasteiger partial charge in [0.2, 0.25) is 0 Å². The maximum Gasteiger partial charge on any atom is 0.257 e. The van der Waals surface area contributed by atoms with Gasteiger partial charge in [0.25, 0.3) is 5.91 Å². The van der Waals surface area contributed by atoms with Crippen LogP contribution in [0.25, 0.3) is 11.3 Å². The van der Waals surface area contributed by atoms with Gasteiger partial charge in [-0.3, -0.25) is 10.1 Å². The molecule has 3 aromatic carbocycles. The Balaban J connectivity index is 1.42. The minimum absolute atomic E-state index is 0.199. The van der Waals surface area contributed by atoms with Crippen molar-refractivity contribution in [1.29, 1.82) is 0 Å². The second-order valence-electron chi connectivity index (χ2n) is 5.80. The first-order valence-corrected chi connectivity index (χ1v) is 9.31. The number of anilines is 1. The van der Waals surface area contributed by atoms with Crippen molar-refractivity contribution in [2.24, 2.45) is 0 Å². The molecule has 0 aliphatic heterocycles. The van der Waals surface area contributed by atoms with Crippen molar-refractivity contribution in [3.63, 3.8) is 0 Å². The molecule has 1 amide bonds. The zero-order valence-corrected chi connectivity index (χ0v) is 15.1. The normalized spacial score (nSPS) is 10.4. The summed E-state index contributed by atoms with van der Waals surface area (Å²) >= 11 is 1.40. The van der Waals surface area contributed by atoms with Gasteiger partial charge in [-0.1, -0.05) is 48.5 Å². The molecular weight excluding hydrogens is 356 g/mol. The van der Waals surface area contributed by atoms with Crippen molar-refractivity contribution in [2.75, 3.05) is 5.32 Å². The Hall–Kier alpha value is -3.44. The lowest BCUT2D eigenvalue weighted by Crippen LogP contribution is -2.11. The Kier molecular flexibility index (Phi) is 4.94. The van der Waals surface area contributed by atoms with Crippen LogP contribution in [0.4, 0.5) is 5.13 Å². The van der Waals surface area contributed by atoms with Crippen LogP contribution in [-0.2, 0) is 0 Å². The highest BCUT2D eigenvalue weighted by molar-refractivity contribution is 7.14. The zero-order chi connectivity index (χ0) is 18.5. The molecule has 4 aromatic rings.